The standard InChI is InChI=1S/C15H19N3O/c1-11-10-18(6-7-19-11)15-8-12(9-16)13-4-2-3-5-14(13)17-15/h2-5,8,11H,6-7,9-10,16H2,1H3. The molecule has 100 valence electrons. The molecule has 1 saturated heterocycles. The summed E-state index contributed by atoms with van der Waals surface area (Å²) in [7, 11) is 0. The number of hydrogen-bond donors (Lipinski definition) is 1. The second-order valence-corrected chi connectivity index (χ2v) is 4.99. The summed E-state index contributed by atoms with van der Waals surface area (Å²) in [6.07, 6.45) is 0.253. The maximum absolute atomic E-state index is 5.87. The van der Waals surface area contributed by atoms with Gasteiger partial charge in [0.15, 0.2) is 0 Å². The zero-order valence-electron chi connectivity index (χ0n) is 11.2. The van der Waals surface area contributed by atoms with Gasteiger partial charge in [-0.3, -0.25) is 0 Å². The molecule has 2 aromatic rings. The third kappa shape index (κ3) is 2.41. The predicted molar refractivity (Wildman–Crippen MR) is 77.3 cm³/mol. The van der Waals surface area contributed by atoms with Crippen LogP contribution in [0.15, 0.2) is 30.3 Å². The first-order valence-corrected chi connectivity index (χ1v) is 6.73. The molecule has 3 rings (SSSR count). The van der Waals surface area contributed by atoms with Gasteiger partial charge in [-0.15, -0.1) is 0 Å². The Balaban J connectivity index is 2.04. The Labute approximate surface area is 113 Å². The van der Waals surface area contributed by atoms with Crippen molar-refractivity contribution in [2.75, 3.05) is 24.6 Å². The summed E-state index contributed by atoms with van der Waals surface area (Å²) < 4.78 is 5.58. The Kier molecular flexibility index (Phi) is 3.36. The van der Waals surface area contributed by atoms with Crippen LogP contribution in [-0.4, -0.2) is 30.8 Å². The van der Waals surface area contributed by atoms with Gasteiger partial charge < -0.3 is 15.4 Å². The molecular weight excluding hydrogens is 238 g/mol. The van der Waals surface area contributed by atoms with Gasteiger partial charge in [0, 0.05) is 25.0 Å². The molecule has 1 unspecified atom stereocenters. The number of benzene rings is 1. The van der Waals surface area contributed by atoms with E-state index in [0.717, 1.165) is 42.0 Å². The lowest BCUT2D eigenvalue weighted by Gasteiger charge is -2.32. The summed E-state index contributed by atoms with van der Waals surface area (Å²) >= 11 is 0. The summed E-state index contributed by atoms with van der Waals surface area (Å²) in [6.45, 7) is 5.16. The quantitative estimate of drug-likeness (QED) is 0.893. The minimum absolute atomic E-state index is 0.253. The molecule has 0 spiro atoms. The third-order valence-corrected chi connectivity index (χ3v) is 3.57. The summed E-state index contributed by atoms with van der Waals surface area (Å²) in [5, 5.41) is 1.15. The minimum Gasteiger partial charge on any atom is -0.375 e. The second kappa shape index (κ2) is 5.15. The number of aromatic nitrogens is 1. The highest BCUT2D eigenvalue weighted by molar-refractivity contribution is 5.84. The normalized spacial score (nSPS) is 19.9. The lowest BCUT2D eigenvalue weighted by Crippen LogP contribution is -2.41. The van der Waals surface area contributed by atoms with Gasteiger partial charge in [0.1, 0.15) is 5.82 Å². The molecular formula is C15H19N3O. The van der Waals surface area contributed by atoms with E-state index < -0.39 is 0 Å². The van der Waals surface area contributed by atoms with Gasteiger partial charge in [-0.2, -0.15) is 0 Å². The zero-order chi connectivity index (χ0) is 13.2. The van der Waals surface area contributed by atoms with Gasteiger partial charge in [0.2, 0.25) is 0 Å². The molecule has 0 bridgehead atoms. The highest BCUT2D eigenvalue weighted by Gasteiger charge is 2.18. The van der Waals surface area contributed by atoms with Crippen molar-refractivity contribution in [3.8, 4) is 0 Å². The molecule has 1 atom stereocenters. The Morgan fingerprint density at radius 1 is 1.42 bits per heavy atom. The zero-order valence-corrected chi connectivity index (χ0v) is 11.2. The SMILES string of the molecule is CC1CN(c2cc(CN)c3ccccc3n2)CCO1. The van der Waals surface area contributed by atoms with Crippen LogP contribution in [0.2, 0.25) is 0 Å². The van der Waals surface area contributed by atoms with Gasteiger partial charge in [-0.05, 0) is 24.6 Å². The number of anilines is 1. The van der Waals surface area contributed by atoms with E-state index in [1.807, 2.05) is 18.2 Å². The molecule has 0 aliphatic carbocycles. The van der Waals surface area contributed by atoms with Crippen LogP contribution in [0.5, 0.6) is 0 Å². The second-order valence-electron chi connectivity index (χ2n) is 4.99. The van der Waals surface area contributed by atoms with Gasteiger partial charge >= 0.3 is 0 Å². The van der Waals surface area contributed by atoms with Crippen molar-refractivity contribution in [2.24, 2.45) is 5.73 Å². The van der Waals surface area contributed by atoms with Crippen molar-refractivity contribution in [2.45, 2.75) is 19.6 Å². The van der Waals surface area contributed by atoms with Crippen LogP contribution in [0.1, 0.15) is 12.5 Å². The fraction of sp³-hybridized carbons (Fsp3) is 0.400. The van der Waals surface area contributed by atoms with E-state index in [2.05, 4.69) is 24.0 Å². The molecule has 19 heavy (non-hydrogen) atoms. The van der Waals surface area contributed by atoms with Crippen LogP contribution in [-0.2, 0) is 11.3 Å². The molecule has 1 aromatic carbocycles. The van der Waals surface area contributed by atoms with Crippen molar-refractivity contribution in [1.29, 1.82) is 0 Å². The predicted octanol–water partition coefficient (Wildman–Crippen LogP) is 1.92. The lowest BCUT2D eigenvalue weighted by atomic mass is 10.1. The number of para-hydroxylation sites is 1. The number of fused-ring (bicyclic) bond motifs is 1. The summed E-state index contributed by atoms with van der Waals surface area (Å²) in [4.78, 5) is 7.03. The Bertz CT molecular complexity index is 585. The third-order valence-electron chi connectivity index (χ3n) is 3.57. The number of hydrogen-bond acceptors (Lipinski definition) is 4. The molecule has 1 fully saturated rings. The topological polar surface area (TPSA) is 51.4 Å². The molecule has 4 nitrogen and oxygen atoms in total. The first kappa shape index (κ1) is 12.4. The van der Waals surface area contributed by atoms with Crippen molar-refractivity contribution in [3.63, 3.8) is 0 Å². The Hall–Kier alpha value is -1.65. The average Bonchev–Trinajstić information content (AvgIpc) is 2.46. The summed E-state index contributed by atoms with van der Waals surface area (Å²) in [5.41, 5.74) is 8.04. The van der Waals surface area contributed by atoms with E-state index >= 15 is 0 Å². The van der Waals surface area contributed by atoms with E-state index in [9.17, 15) is 0 Å². The fourth-order valence-corrected chi connectivity index (χ4v) is 2.59. The number of nitrogens with two attached hydrogens (primary N) is 1. The van der Waals surface area contributed by atoms with Gasteiger partial charge in [0.05, 0.1) is 18.2 Å². The first-order chi connectivity index (χ1) is 9.28. The molecule has 2 heterocycles. The number of ether oxygens (including phenoxy) is 1. The van der Waals surface area contributed by atoms with E-state index in [1.54, 1.807) is 0 Å². The molecule has 4 heteroatoms. The molecule has 1 aliphatic heterocycles. The average molecular weight is 257 g/mol. The van der Waals surface area contributed by atoms with Crippen LogP contribution < -0.4 is 10.6 Å². The van der Waals surface area contributed by atoms with Gasteiger partial charge in [-0.25, -0.2) is 4.98 Å². The Morgan fingerprint density at radius 3 is 3.05 bits per heavy atom. The number of rotatable bonds is 2. The number of pyridine rings is 1. The molecule has 2 N–H and O–H groups in total. The minimum atomic E-state index is 0.253. The number of nitrogens with zero attached hydrogens (tertiary/aromatic N) is 2. The van der Waals surface area contributed by atoms with E-state index in [4.69, 9.17) is 15.5 Å². The largest absolute Gasteiger partial charge is 0.375 e. The molecule has 0 saturated carbocycles. The molecule has 1 aliphatic rings. The molecule has 0 amide bonds. The van der Waals surface area contributed by atoms with E-state index in [0.29, 0.717) is 6.54 Å². The maximum atomic E-state index is 5.87. The van der Waals surface area contributed by atoms with Gasteiger partial charge in [0.25, 0.3) is 0 Å². The summed E-state index contributed by atoms with van der Waals surface area (Å²) in [6, 6.07) is 10.3. The lowest BCUT2D eigenvalue weighted by molar-refractivity contribution is 0.0529. The highest BCUT2D eigenvalue weighted by atomic mass is 16.5. The van der Waals surface area contributed by atoms with Crippen LogP contribution in [0.3, 0.4) is 0 Å². The van der Waals surface area contributed by atoms with Crippen molar-refractivity contribution >= 4 is 16.7 Å². The molecule has 0 radical (unpaired) electrons. The Morgan fingerprint density at radius 2 is 2.26 bits per heavy atom. The van der Waals surface area contributed by atoms with Gasteiger partial charge in [-0.1, -0.05) is 18.2 Å². The van der Waals surface area contributed by atoms with Crippen LogP contribution in [0.25, 0.3) is 10.9 Å². The van der Waals surface area contributed by atoms with Crippen molar-refractivity contribution < 1.29 is 4.74 Å². The monoisotopic (exact) mass is 257 g/mol. The summed E-state index contributed by atoms with van der Waals surface area (Å²) in [5.74, 6) is 1.01. The molecule has 1 aromatic heterocycles. The van der Waals surface area contributed by atoms with Crippen LogP contribution in [0.4, 0.5) is 5.82 Å². The maximum Gasteiger partial charge on any atom is 0.129 e. The van der Waals surface area contributed by atoms with Crippen LogP contribution in [0, 0.1) is 0 Å². The highest BCUT2D eigenvalue weighted by Crippen LogP contribution is 2.24. The smallest absolute Gasteiger partial charge is 0.129 e. The first-order valence-electron chi connectivity index (χ1n) is 6.73. The van der Waals surface area contributed by atoms with Crippen molar-refractivity contribution in [1.82, 2.24) is 4.98 Å². The van der Waals surface area contributed by atoms with E-state index in [-0.39, 0.29) is 6.10 Å². The van der Waals surface area contributed by atoms with Crippen molar-refractivity contribution in [3.05, 3.63) is 35.9 Å². The van der Waals surface area contributed by atoms with E-state index in [1.165, 1.54) is 0 Å². The van der Waals surface area contributed by atoms with Crippen LogP contribution >= 0.6 is 0 Å². The number of morpholine rings is 1. The fourth-order valence-electron chi connectivity index (χ4n) is 2.59.